The van der Waals surface area contributed by atoms with Crippen molar-refractivity contribution in [2.75, 3.05) is 12.0 Å². The summed E-state index contributed by atoms with van der Waals surface area (Å²) in [5.41, 5.74) is 2.82. The zero-order valence-corrected chi connectivity index (χ0v) is 18.1. The van der Waals surface area contributed by atoms with Crippen molar-refractivity contribution in [1.29, 1.82) is 0 Å². The quantitative estimate of drug-likeness (QED) is 0.357. The van der Waals surface area contributed by atoms with E-state index in [0.717, 1.165) is 5.56 Å². The number of hydrogen-bond acceptors (Lipinski definition) is 5. The van der Waals surface area contributed by atoms with Crippen molar-refractivity contribution >= 4 is 23.1 Å². The number of hydrogen-bond donors (Lipinski definition) is 1. The number of Topliss-reactive ketones (excluding diaryl/α,β-unsaturated/α-hetero) is 1. The van der Waals surface area contributed by atoms with Gasteiger partial charge in [0.15, 0.2) is 0 Å². The highest BCUT2D eigenvalue weighted by Gasteiger charge is 2.47. The zero-order chi connectivity index (χ0) is 22.8. The van der Waals surface area contributed by atoms with E-state index in [1.165, 1.54) is 12.0 Å². The minimum atomic E-state index is -0.783. The van der Waals surface area contributed by atoms with Crippen molar-refractivity contribution < 1.29 is 19.4 Å². The van der Waals surface area contributed by atoms with Crippen molar-refractivity contribution in [3.63, 3.8) is 0 Å². The van der Waals surface area contributed by atoms with Gasteiger partial charge in [-0.25, -0.2) is 0 Å². The minimum Gasteiger partial charge on any atom is -0.507 e. The van der Waals surface area contributed by atoms with Crippen LogP contribution < -0.4 is 9.64 Å². The zero-order valence-electron chi connectivity index (χ0n) is 18.1. The Labute approximate surface area is 186 Å². The SMILES string of the molecule is COc1cccc(/C(O)=C2/C(=O)C(=O)N(c3ccc(C(C)C)cc3)C2c2ccncc2)c1. The maximum absolute atomic E-state index is 13.2. The predicted octanol–water partition coefficient (Wildman–Crippen LogP) is 4.84. The average Bonchev–Trinajstić information content (AvgIpc) is 3.09. The molecule has 4 rings (SSSR count). The molecule has 1 unspecified atom stereocenters. The molecule has 0 spiro atoms. The molecule has 1 N–H and O–H groups in total. The van der Waals surface area contributed by atoms with E-state index in [2.05, 4.69) is 18.8 Å². The largest absolute Gasteiger partial charge is 0.507 e. The molecule has 0 radical (unpaired) electrons. The average molecular weight is 428 g/mol. The lowest BCUT2D eigenvalue weighted by atomic mass is 9.95. The number of ether oxygens (including phenoxy) is 1. The number of methoxy groups -OCH3 is 1. The second-order valence-corrected chi connectivity index (χ2v) is 7.93. The number of aliphatic hydroxyl groups excluding tert-OH is 1. The first kappa shape index (κ1) is 21.3. The van der Waals surface area contributed by atoms with Crippen LogP contribution >= 0.6 is 0 Å². The lowest BCUT2D eigenvalue weighted by Gasteiger charge is -2.25. The lowest BCUT2D eigenvalue weighted by molar-refractivity contribution is -0.132. The second kappa shape index (κ2) is 8.67. The molecule has 1 saturated heterocycles. The molecule has 0 bridgehead atoms. The molecule has 1 fully saturated rings. The van der Waals surface area contributed by atoms with Crippen molar-refractivity contribution in [3.8, 4) is 5.75 Å². The van der Waals surface area contributed by atoms with E-state index in [1.807, 2.05) is 24.3 Å². The molecule has 1 amide bonds. The number of amides is 1. The van der Waals surface area contributed by atoms with E-state index in [9.17, 15) is 14.7 Å². The summed E-state index contributed by atoms with van der Waals surface area (Å²) < 4.78 is 5.24. The molecular formula is C26H24N2O4. The normalized spacial score (nSPS) is 17.8. The van der Waals surface area contributed by atoms with Crippen LogP contribution in [-0.2, 0) is 9.59 Å². The van der Waals surface area contributed by atoms with E-state index < -0.39 is 17.7 Å². The third kappa shape index (κ3) is 3.75. The Morgan fingerprint density at radius 1 is 1.03 bits per heavy atom. The van der Waals surface area contributed by atoms with Gasteiger partial charge in [-0.2, -0.15) is 0 Å². The lowest BCUT2D eigenvalue weighted by Crippen LogP contribution is -2.29. The van der Waals surface area contributed by atoms with Crippen molar-refractivity contribution in [1.82, 2.24) is 4.98 Å². The fraction of sp³-hybridized carbons (Fsp3) is 0.192. The summed E-state index contributed by atoms with van der Waals surface area (Å²) in [6.07, 6.45) is 3.20. The number of carbonyl (C=O) groups excluding carboxylic acids is 2. The highest BCUT2D eigenvalue weighted by atomic mass is 16.5. The number of carbonyl (C=O) groups is 2. The van der Waals surface area contributed by atoms with Crippen LogP contribution in [0, 0.1) is 0 Å². The van der Waals surface area contributed by atoms with Gasteiger partial charge in [0.25, 0.3) is 11.7 Å². The fourth-order valence-electron chi connectivity index (χ4n) is 3.91. The summed E-state index contributed by atoms with van der Waals surface area (Å²) >= 11 is 0. The van der Waals surface area contributed by atoms with Crippen molar-refractivity contribution in [2.45, 2.75) is 25.8 Å². The number of nitrogens with zero attached hydrogens (tertiary/aromatic N) is 2. The number of rotatable bonds is 5. The van der Waals surface area contributed by atoms with Gasteiger partial charge in [0.05, 0.1) is 18.7 Å². The van der Waals surface area contributed by atoms with Crippen LogP contribution in [0.3, 0.4) is 0 Å². The Bertz CT molecular complexity index is 1180. The third-order valence-electron chi connectivity index (χ3n) is 5.65. The molecule has 32 heavy (non-hydrogen) atoms. The molecule has 2 heterocycles. The number of aliphatic hydroxyl groups is 1. The van der Waals surface area contributed by atoms with Gasteiger partial charge in [0.1, 0.15) is 11.5 Å². The molecular weight excluding hydrogens is 404 g/mol. The standard InChI is InChI=1S/C26H24N2O4/c1-16(2)17-7-9-20(10-8-17)28-23(18-11-13-27-14-12-18)22(25(30)26(28)31)24(29)19-5-4-6-21(15-19)32-3/h4-16,23,29H,1-3H3/b24-22-. The predicted molar refractivity (Wildman–Crippen MR) is 123 cm³/mol. The Morgan fingerprint density at radius 2 is 1.72 bits per heavy atom. The summed E-state index contributed by atoms with van der Waals surface area (Å²) in [5, 5.41) is 11.2. The van der Waals surface area contributed by atoms with E-state index in [0.29, 0.717) is 28.5 Å². The monoisotopic (exact) mass is 428 g/mol. The van der Waals surface area contributed by atoms with Crippen molar-refractivity contribution in [2.24, 2.45) is 0 Å². The topological polar surface area (TPSA) is 79.7 Å². The Balaban J connectivity index is 1.90. The number of aromatic nitrogens is 1. The molecule has 162 valence electrons. The number of benzene rings is 2. The molecule has 1 aliphatic rings. The van der Waals surface area contributed by atoms with Gasteiger partial charge in [0.2, 0.25) is 0 Å². The third-order valence-corrected chi connectivity index (χ3v) is 5.65. The van der Waals surface area contributed by atoms with Gasteiger partial charge in [0, 0.05) is 23.6 Å². The van der Waals surface area contributed by atoms with E-state index >= 15 is 0 Å². The molecule has 1 aromatic heterocycles. The van der Waals surface area contributed by atoms with E-state index in [4.69, 9.17) is 4.74 Å². The number of anilines is 1. The van der Waals surface area contributed by atoms with Gasteiger partial charge >= 0.3 is 0 Å². The van der Waals surface area contributed by atoms with Crippen LogP contribution in [0.15, 0.2) is 78.6 Å². The molecule has 1 atom stereocenters. The Hall–Kier alpha value is -3.93. The summed E-state index contributed by atoms with van der Waals surface area (Å²) in [5.74, 6) is -0.796. The minimum absolute atomic E-state index is 0.0300. The Kier molecular flexibility index (Phi) is 5.77. The van der Waals surface area contributed by atoms with Crippen LogP contribution in [0.1, 0.15) is 42.5 Å². The van der Waals surface area contributed by atoms with Crippen LogP contribution in [0.4, 0.5) is 5.69 Å². The molecule has 6 heteroatoms. The first-order valence-corrected chi connectivity index (χ1v) is 10.4. The maximum atomic E-state index is 13.2. The van der Waals surface area contributed by atoms with Crippen LogP contribution in [-0.4, -0.2) is 28.9 Å². The van der Waals surface area contributed by atoms with Crippen LogP contribution in [0.25, 0.3) is 5.76 Å². The van der Waals surface area contributed by atoms with Crippen molar-refractivity contribution in [3.05, 3.63) is 95.3 Å². The summed E-state index contributed by atoms with van der Waals surface area (Å²) in [7, 11) is 1.52. The van der Waals surface area contributed by atoms with Gasteiger partial charge in [-0.05, 0) is 53.4 Å². The van der Waals surface area contributed by atoms with Gasteiger partial charge in [-0.3, -0.25) is 19.5 Å². The Morgan fingerprint density at radius 3 is 2.34 bits per heavy atom. The van der Waals surface area contributed by atoms with Gasteiger partial charge in [-0.1, -0.05) is 38.1 Å². The summed E-state index contributed by atoms with van der Waals surface area (Å²) in [6.45, 7) is 4.18. The number of ketones is 1. The molecule has 3 aromatic rings. The summed E-state index contributed by atoms with van der Waals surface area (Å²) in [6, 6.07) is 17.0. The second-order valence-electron chi connectivity index (χ2n) is 7.93. The summed E-state index contributed by atoms with van der Waals surface area (Å²) in [4.78, 5) is 31.8. The maximum Gasteiger partial charge on any atom is 0.300 e. The fourth-order valence-corrected chi connectivity index (χ4v) is 3.91. The highest BCUT2D eigenvalue weighted by molar-refractivity contribution is 6.51. The molecule has 1 aliphatic heterocycles. The smallest absolute Gasteiger partial charge is 0.300 e. The van der Waals surface area contributed by atoms with Crippen LogP contribution in [0.2, 0.25) is 0 Å². The first-order chi connectivity index (χ1) is 15.4. The number of pyridine rings is 1. The first-order valence-electron chi connectivity index (χ1n) is 10.4. The van der Waals surface area contributed by atoms with Gasteiger partial charge in [-0.15, -0.1) is 0 Å². The van der Waals surface area contributed by atoms with Gasteiger partial charge < -0.3 is 9.84 Å². The van der Waals surface area contributed by atoms with E-state index in [-0.39, 0.29) is 11.3 Å². The van der Waals surface area contributed by atoms with Crippen LogP contribution in [0.5, 0.6) is 5.75 Å². The molecule has 6 nitrogen and oxygen atoms in total. The molecule has 0 aliphatic carbocycles. The molecule has 0 saturated carbocycles. The molecule has 2 aromatic carbocycles. The van der Waals surface area contributed by atoms with E-state index in [1.54, 1.807) is 48.8 Å². The highest BCUT2D eigenvalue weighted by Crippen LogP contribution is 2.42.